The molecule has 1 aliphatic heterocycles. The highest BCUT2D eigenvalue weighted by Gasteiger charge is 2.35. The van der Waals surface area contributed by atoms with Crippen molar-refractivity contribution in [1.82, 2.24) is 10.3 Å². The molecular formula is C25H28N4O4. The standard InChI is InChI=1S/C25H28N4O4/c1-16(2)14-27-25(31)18-8-9-19(17(3)12-18)26-15-24(30)29-21(23-7-5-11-33-23)13-20(28-29)22-6-4-10-32-22/h4-12,16,21,26H,13-15H2,1-3H3,(H,27,31). The zero-order valence-corrected chi connectivity index (χ0v) is 19.0. The minimum absolute atomic E-state index is 0.0475. The molecule has 8 nitrogen and oxygen atoms in total. The highest BCUT2D eigenvalue weighted by atomic mass is 16.3. The number of hydrogen-bond donors (Lipinski definition) is 2. The number of furan rings is 2. The molecule has 4 rings (SSSR count). The molecule has 172 valence electrons. The molecule has 0 saturated heterocycles. The number of hydrogen-bond acceptors (Lipinski definition) is 6. The molecule has 3 aromatic rings. The van der Waals surface area contributed by atoms with E-state index in [1.165, 1.54) is 5.01 Å². The Hall–Kier alpha value is -3.81. The van der Waals surface area contributed by atoms with E-state index >= 15 is 0 Å². The minimum atomic E-state index is -0.331. The minimum Gasteiger partial charge on any atom is -0.467 e. The summed E-state index contributed by atoms with van der Waals surface area (Å²) in [5, 5.41) is 12.1. The van der Waals surface area contributed by atoms with Crippen molar-refractivity contribution in [3.05, 3.63) is 77.6 Å². The number of rotatable bonds is 8. The maximum absolute atomic E-state index is 13.1. The van der Waals surface area contributed by atoms with Crippen LogP contribution < -0.4 is 10.6 Å². The molecule has 1 atom stereocenters. The molecule has 0 aliphatic carbocycles. The maximum atomic E-state index is 13.1. The van der Waals surface area contributed by atoms with Crippen LogP contribution >= 0.6 is 0 Å². The number of nitrogens with zero attached hydrogens (tertiary/aromatic N) is 2. The molecule has 3 heterocycles. The molecule has 33 heavy (non-hydrogen) atoms. The summed E-state index contributed by atoms with van der Waals surface area (Å²) in [6, 6.07) is 12.3. The topological polar surface area (TPSA) is 100 Å². The predicted molar refractivity (Wildman–Crippen MR) is 125 cm³/mol. The van der Waals surface area contributed by atoms with Gasteiger partial charge in [-0.3, -0.25) is 9.59 Å². The monoisotopic (exact) mass is 448 g/mol. The van der Waals surface area contributed by atoms with E-state index in [1.807, 2.05) is 45.0 Å². The Labute approximate surface area is 192 Å². The van der Waals surface area contributed by atoms with Gasteiger partial charge in [-0.05, 0) is 60.9 Å². The number of aryl methyl sites for hydroxylation is 1. The van der Waals surface area contributed by atoms with Crippen LogP contribution in [0.5, 0.6) is 0 Å². The van der Waals surface area contributed by atoms with Gasteiger partial charge >= 0.3 is 0 Å². The number of carbonyl (C=O) groups is 2. The van der Waals surface area contributed by atoms with E-state index in [0.717, 1.165) is 11.3 Å². The molecule has 1 unspecified atom stereocenters. The van der Waals surface area contributed by atoms with Gasteiger partial charge in [0.2, 0.25) is 0 Å². The summed E-state index contributed by atoms with van der Waals surface area (Å²) in [6.07, 6.45) is 3.68. The van der Waals surface area contributed by atoms with Crippen LogP contribution in [0.3, 0.4) is 0 Å². The Bertz CT molecular complexity index is 1130. The zero-order valence-electron chi connectivity index (χ0n) is 19.0. The van der Waals surface area contributed by atoms with Crippen molar-refractivity contribution in [3.8, 4) is 0 Å². The van der Waals surface area contributed by atoms with Crippen LogP contribution in [0.1, 0.15) is 53.8 Å². The fourth-order valence-corrected chi connectivity index (χ4v) is 3.69. The molecule has 2 N–H and O–H groups in total. The van der Waals surface area contributed by atoms with Crippen LogP contribution in [0.4, 0.5) is 5.69 Å². The first-order chi connectivity index (χ1) is 15.9. The Morgan fingerprint density at radius 3 is 2.61 bits per heavy atom. The molecule has 2 amide bonds. The van der Waals surface area contributed by atoms with Gasteiger partial charge in [-0.1, -0.05) is 13.8 Å². The molecule has 0 spiro atoms. The van der Waals surface area contributed by atoms with Crippen molar-refractivity contribution in [2.75, 3.05) is 18.4 Å². The molecule has 8 heteroatoms. The average Bonchev–Trinajstić information content (AvgIpc) is 3.56. The van der Waals surface area contributed by atoms with E-state index in [1.54, 1.807) is 30.7 Å². The first-order valence-corrected chi connectivity index (χ1v) is 11.0. The second-order valence-corrected chi connectivity index (χ2v) is 8.48. The normalized spacial score (nSPS) is 15.6. The molecule has 2 aromatic heterocycles. The summed E-state index contributed by atoms with van der Waals surface area (Å²) in [5.74, 6) is 1.39. The summed E-state index contributed by atoms with van der Waals surface area (Å²) in [5.41, 5.74) is 2.95. The van der Waals surface area contributed by atoms with Gasteiger partial charge in [-0.2, -0.15) is 5.10 Å². The molecular weight excluding hydrogens is 420 g/mol. The maximum Gasteiger partial charge on any atom is 0.262 e. The fraction of sp³-hybridized carbons (Fsp3) is 0.320. The fourth-order valence-electron chi connectivity index (χ4n) is 3.69. The number of carbonyl (C=O) groups excluding carboxylic acids is 2. The number of benzene rings is 1. The molecule has 0 fully saturated rings. The van der Waals surface area contributed by atoms with E-state index in [2.05, 4.69) is 15.7 Å². The molecule has 0 bridgehead atoms. The quantitative estimate of drug-likeness (QED) is 0.533. The van der Waals surface area contributed by atoms with Crippen LogP contribution in [-0.2, 0) is 4.79 Å². The van der Waals surface area contributed by atoms with Crippen molar-refractivity contribution in [1.29, 1.82) is 0 Å². The zero-order chi connectivity index (χ0) is 23.4. The van der Waals surface area contributed by atoms with Gasteiger partial charge in [0.15, 0.2) is 0 Å². The van der Waals surface area contributed by atoms with Crippen molar-refractivity contribution >= 4 is 23.2 Å². The third-order valence-corrected chi connectivity index (χ3v) is 5.43. The number of anilines is 1. The van der Waals surface area contributed by atoms with Crippen molar-refractivity contribution in [2.45, 2.75) is 33.2 Å². The van der Waals surface area contributed by atoms with E-state index < -0.39 is 0 Å². The largest absolute Gasteiger partial charge is 0.467 e. The van der Waals surface area contributed by atoms with E-state index in [0.29, 0.717) is 41.7 Å². The third-order valence-electron chi connectivity index (χ3n) is 5.43. The Kier molecular flexibility index (Phi) is 6.63. The van der Waals surface area contributed by atoms with E-state index in [9.17, 15) is 9.59 Å². The smallest absolute Gasteiger partial charge is 0.262 e. The van der Waals surface area contributed by atoms with Gasteiger partial charge in [0, 0.05) is 24.2 Å². The highest BCUT2D eigenvalue weighted by Crippen LogP contribution is 2.33. The third kappa shape index (κ3) is 5.16. The number of hydrazone groups is 1. The number of nitrogens with one attached hydrogen (secondary N) is 2. The molecule has 0 radical (unpaired) electrons. The Balaban J connectivity index is 1.44. The first kappa shape index (κ1) is 22.4. The summed E-state index contributed by atoms with van der Waals surface area (Å²) in [4.78, 5) is 25.4. The summed E-state index contributed by atoms with van der Waals surface area (Å²) in [7, 11) is 0. The second-order valence-electron chi connectivity index (χ2n) is 8.48. The summed E-state index contributed by atoms with van der Waals surface area (Å²) >= 11 is 0. The summed E-state index contributed by atoms with van der Waals surface area (Å²) < 4.78 is 11.0. The van der Waals surface area contributed by atoms with Crippen molar-refractivity contribution in [2.24, 2.45) is 11.0 Å². The van der Waals surface area contributed by atoms with Crippen LogP contribution in [0, 0.1) is 12.8 Å². The van der Waals surface area contributed by atoms with Gasteiger partial charge in [0.1, 0.15) is 23.3 Å². The average molecular weight is 449 g/mol. The van der Waals surface area contributed by atoms with Crippen molar-refractivity contribution in [3.63, 3.8) is 0 Å². The van der Waals surface area contributed by atoms with Crippen LogP contribution in [-0.4, -0.2) is 35.6 Å². The van der Waals surface area contributed by atoms with Gasteiger partial charge in [0.05, 0.1) is 19.1 Å². The molecule has 0 saturated carbocycles. The van der Waals surface area contributed by atoms with Gasteiger partial charge in [0.25, 0.3) is 11.8 Å². The lowest BCUT2D eigenvalue weighted by molar-refractivity contribution is -0.131. The highest BCUT2D eigenvalue weighted by molar-refractivity contribution is 6.01. The SMILES string of the molecule is Cc1cc(C(=O)NCC(C)C)ccc1NCC(=O)N1N=C(c2ccco2)CC1c1ccco1. The van der Waals surface area contributed by atoms with Crippen LogP contribution in [0.15, 0.2) is 68.9 Å². The Morgan fingerprint density at radius 1 is 1.15 bits per heavy atom. The van der Waals surface area contributed by atoms with Crippen LogP contribution in [0.2, 0.25) is 0 Å². The van der Waals surface area contributed by atoms with Gasteiger partial charge < -0.3 is 19.5 Å². The van der Waals surface area contributed by atoms with E-state index in [4.69, 9.17) is 8.83 Å². The molecule has 1 aliphatic rings. The van der Waals surface area contributed by atoms with E-state index in [-0.39, 0.29) is 24.4 Å². The first-order valence-electron chi connectivity index (χ1n) is 11.0. The summed E-state index contributed by atoms with van der Waals surface area (Å²) in [6.45, 7) is 6.67. The predicted octanol–water partition coefficient (Wildman–Crippen LogP) is 4.36. The Morgan fingerprint density at radius 2 is 1.94 bits per heavy atom. The lowest BCUT2D eigenvalue weighted by Crippen LogP contribution is -2.32. The lowest BCUT2D eigenvalue weighted by Gasteiger charge is -2.20. The number of amides is 2. The van der Waals surface area contributed by atoms with Gasteiger partial charge in [-0.15, -0.1) is 0 Å². The van der Waals surface area contributed by atoms with Crippen LogP contribution in [0.25, 0.3) is 0 Å². The lowest BCUT2D eigenvalue weighted by atomic mass is 10.1. The molecule has 1 aromatic carbocycles. The second kappa shape index (κ2) is 9.77. The van der Waals surface area contributed by atoms with Gasteiger partial charge in [-0.25, -0.2) is 5.01 Å². The van der Waals surface area contributed by atoms with Crippen molar-refractivity contribution < 1.29 is 18.4 Å².